The fourth-order valence-corrected chi connectivity index (χ4v) is 1.17. The number of aryl methyl sites for hydroxylation is 1. The van der Waals surface area contributed by atoms with E-state index in [1.807, 2.05) is 13.8 Å². The molecule has 0 unspecified atom stereocenters. The zero-order chi connectivity index (χ0) is 10.6. The highest BCUT2D eigenvalue weighted by Gasteiger charge is 1.99. The van der Waals surface area contributed by atoms with Gasteiger partial charge in [-0.05, 0) is 31.0 Å². The zero-order valence-electron chi connectivity index (χ0n) is 8.55. The molecular formula is C11H15FN2. The van der Waals surface area contributed by atoms with E-state index in [4.69, 9.17) is 5.73 Å². The summed E-state index contributed by atoms with van der Waals surface area (Å²) in [6.07, 6.45) is 1.69. The minimum atomic E-state index is -0.279. The standard InChI is InChI=1S/C11H15FN2/c1-3-4-11(13)14-10-7-9(12)6-5-8(10)2/h5-7H,3-4H2,1-2H3,(H2,13,14). The van der Waals surface area contributed by atoms with Crippen LogP contribution in [-0.4, -0.2) is 5.84 Å². The van der Waals surface area contributed by atoms with Gasteiger partial charge in [0.15, 0.2) is 0 Å². The number of nitrogens with two attached hydrogens (primary N) is 1. The van der Waals surface area contributed by atoms with Gasteiger partial charge < -0.3 is 5.73 Å². The maximum atomic E-state index is 12.9. The second-order valence-corrected chi connectivity index (χ2v) is 3.28. The number of hydrogen-bond donors (Lipinski definition) is 1. The Kier molecular flexibility index (Phi) is 3.63. The van der Waals surface area contributed by atoms with Gasteiger partial charge in [0.1, 0.15) is 5.82 Å². The molecule has 0 atom stereocenters. The fraction of sp³-hybridized carbons (Fsp3) is 0.364. The second-order valence-electron chi connectivity index (χ2n) is 3.28. The van der Waals surface area contributed by atoms with E-state index >= 15 is 0 Å². The summed E-state index contributed by atoms with van der Waals surface area (Å²) in [5.74, 6) is 0.278. The van der Waals surface area contributed by atoms with Crippen LogP contribution >= 0.6 is 0 Å². The predicted octanol–water partition coefficient (Wildman–Crippen LogP) is 2.92. The van der Waals surface area contributed by atoms with Crippen molar-refractivity contribution in [2.75, 3.05) is 0 Å². The Bertz CT molecular complexity index is 345. The first-order valence-electron chi connectivity index (χ1n) is 4.72. The lowest BCUT2D eigenvalue weighted by Crippen LogP contribution is -2.10. The number of amidine groups is 1. The Balaban J connectivity index is 2.95. The molecule has 0 radical (unpaired) electrons. The van der Waals surface area contributed by atoms with E-state index in [1.54, 1.807) is 6.07 Å². The smallest absolute Gasteiger partial charge is 0.125 e. The molecule has 14 heavy (non-hydrogen) atoms. The number of rotatable bonds is 3. The van der Waals surface area contributed by atoms with Gasteiger partial charge in [-0.15, -0.1) is 0 Å². The van der Waals surface area contributed by atoms with Crippen molar-refractivity contribution in [1.82, 2.24) is 0 Å². The average Bonchev–Trinajstić information content (AvgIpc) is 2.12. The van der Waals surface area contributed by atoms with Crippen molar-refractivity contribution < 1.29 is 4.39 Å². The van der Waals surface area contributed by atoms with E-state index in [9.17, 15) is 4.39 Å². The molecular weight excluding hydrogens is 179 g/mol. The first-order valence-corrected chi connectivity index (χ1v) is 4.72. The highest BCUT2D eigenvalue weighted by Crippen LogP contribution is 2.19. The number of benzene rings is 1. The Morgan fingerprint density at radius 2 is 2.21 bits per heavy atom. The topological polar surface area (TPSA) is 38.4 Å². The van der Waals surface area contributed by atoms with Crippen LogP contribution in [0.15, 0.2) is 23.2 Å². The van der Waals surface area contributed by atoms with Crippen LogP contribution in [-0.2, 0) is 0 Å². The summed E-state index contributed by atoms with van der Waals surface area (Å²) >= 11 is 0. The molecule has 0 aliphatic rings. The molecule has 0 aromatic heterocycles. The van der Waals surface area contributed by atoms with Gasteiger partial charge in [0, 0.05) is 6.42 Å². The fourth-order valence-electron chi connectivity index (χ4n) is 1.17. The van der Waals surface area contributed by atoms with Gasteiger partial charge >= 0.3 is 0 Å². The van der Waals surface area contributed by atoms with Crippen molar-refractivity contribution in [1.29, 1.82) is 0 Å². The number of aliphatic imine (C=N–C) groups is 1. The van der Waals surface area contributed by atoms with Crippen molar-refractivity contribution in [3.8, 4) is 0 Å². The summed E-state index contributed by atoms with van der Waals surface area (Å²) in [5, 5.41) is 0. The summed E-state index contributed by atoms with van der Waals surface area (Å²) in [6, 6.07) is 4.52. The Labute approximate surface area is 83.7 Å². The lowest BCUT2D eigenvalue weighted by molar-refractivity contribution is 0.628. The molecule has 76 valence electrons. The molecule has 1 aromatic rings. The van der Waals surface area contributed by atoms with E-state index in [2.05, 4.69) is 4.99 Å². The molecule has 0 bridgehead atoms. The van der Waals surface area contributed by atoms with E-state index in [1.165, 1.54) is 12.1 Å². The van der Waals surface area contributed by atoms with Crippen LogP contribution < -0.4 is 5.73 Å². The van der Waals surface area contributed by atoms with Gasteiger partial charge in [-0.1, -0.05) is 13.0 Å². The molecule has 0 amide bonds. The number of nitrogens with zero attached hydrogens (tertiary/aromatic N) is 1. The average molecular weight is 194 g/mol. The van der Waals surface area contributed by atoms with Gasteiger partial charge in [-0.25, -0.2) is 9.38 Å². The SMILES string of the molecule is CCCC(N)=Nc1cc(F)ccc1C. The molecule has 0 heterocycles. The first kappa shape index (κ1) is 10.7. The molecule has 1 rings (SSSR count). The molecule has 0 saturated carbocycles. The normalized spacial score (nSPS) is 11.8. The third-order valence-corrected chi connectivity index (χ3v) is 1.94. The van der Waals surface area contributed by atoms with Crippen LogP contribution in [0.4, 0.5) is 10.1 Å². The Hall–Kier alpha value is -1.38. The second kappa shape index (κ2) is 4.74. The van der Waals surface area contributed by atoms with Crippen molar-refractivity contribution in [3.05, 3.63) is 29.6 Å². The third kappa shape index (κ3) is 2.83. The summed E-state index contributed by atoms with van der Waals surface area (Å²) in [5.41, 5.74) is 7.22. The molecule has 2 N–H and O–H groups in total. The Morgan fingerprint density at radius 3 is 2.86 bits per heavy atom. The molecule has 0 aliphatic heterocycles. The van der Waals surface area contributed by atoms with Crippen LogP contribution in [0, 0.1) is 12.7 Å². The quantitative estimate of drug-likeness (QED) is 0.583. The molecule has 0 aliphatic carbocycles. The van der Waals surface area contributed by atoms with Gasteiger partial charge in [-0.3, -0.25) is 0 Å². The Morgan fingerprint density at radius 1 is 1.50 bits per heavy atom. The minimum Gasteiger partial charge on any atom is -0.387 e. The van der Waals surface area contributed by atoms with Crippen LogP contribution in [0.3, 0.4) is 0 Å². The monoisotopic (exact) mass is 194 g/mol. The van der Waals surface area contributed by atoms with Crippen LogP contribution in [0.5, 0.6) is 0 Å². The van der Waals surface area contributed by atoms with Crippen LogP contribution in [0.1, 0.15) is 25.3 Å². The molecule has 0 saturated heterocycles. The molecule has 1 aromatic carbocycles. The highest BCUT2D eigenvalue weighted by atomic mass is 19.1. The van der Waals surface area contributed by atoms with E-state index in [0.29, 0.717) is 11.5 Å². The molecule has 0 fully saturated rings. The molecule has 2 nitrogen and oxygen atoms in total. The van der Waals surface area contributed by atoms with Crippen molar-refractivity contribution in [2.45, 2.75) is 26.7 Å². The maximum Gasteiger partial charge on any atom is 0.125 e. The van der Waals surface area contributed by atoms with Gasteiger partial charge in [-0.2, -0.15) is 0 Å². The summed E-state index contributed by atoms with van der Waals surface area (Å²) in [7, 11) is 0. The summed E-state index contributed by atoms with van der Waals surface area (Å²) in [6.45, 7) is 3.91. The number of hydrogen-bond acceptors (Lipinski definition) is 1. The number of halogens is 1. The largest absolute Gasteiger partial charge is 0.387 e. The van der Waals surface area contributed by atoms with Crippen molar-refractivity contribution in [3.63, 3.8) is 0 Å². The van der Waals surface area contributed by atoms with Gasteiger partial charge in [0.2, 0.25) is 0 Å². The van der Waals surface area contributed by atoms with E-state index in [-0.39, 0.29) is 5.82 Å². The summed E-state index contributed by atoms with van der Waals surface area (Å²) in [4.78, 5) is 4.16. The van der Waals surface area contributed by atoms with Crippen LogP contribution in [0.2, 0.25) is 0 Å². The lowest BCUT2D eigenvalue weighted by atomic mass is 10.2. The predicted molar refractivity (Wildman–Crippen MR) is 57.3 cm³/mol. The van der Waals surface area contributed by atoms with E-state index < -0.39 is 0 Å². The molecule has 3 heteroatoms. The highest BCUT2D eigenvalue weighted by molar-refractivity contribution is 5.83. The summed E-state index contributed by atoms with van der Waals surface area (Å²) < 4.78 is 12.9. The first-order chi connectivity index (χ1) is 6.63. The van der Waals surface area contributed by atoms with E-state index in [0.717, 1.165) is 18.4 Å². The lowest BCUT2D eigenvalue weighted by Gasteiger charge is -2.02. The van der Waals surface area contributed by atoms with Gasteiger partial charge in [0.05, 0.1) is 11.5 Å². The van der Waals surface area contributed by atoms with Crippen molar-refractivity contribution in [2.24, 2.45) is 10.7 Å². The zero-order valence-corrected chi connectivity index (χ0v) is 8.55. The van der Waals surface area contributed by atoms with Crippen molar-refractivity contribution >= 4 is 11.5 Å². The third-order valence-electron chi connectivity index (χ3n) is 1.94. The minimum absolute atomic E-state index is 0.279. The molecule has 0 spiro atoms. The van der Waals surface area contributed by atoms with Crippen LogP contribution in [0.25, 0.3) is 0 Å². The maximum absolute atomic E-state index is 12.9. The van der Waals surface area contributed by atoms with Gasteiger partial charge in [0.25, 0.3) is 0 Å².